The number of imidazole rings is 2. The van der Waals surface area contributed by atoms with Gasteiger partial charge in [-0.2, -0.15) is 0 Å². The van der Waals surface area contributed by atoms with E-state index in [1.165, 1.54) is 11.6 Å². The largest absolute Gasteiger partial charge is 0.332 e. The maximum absolute atomic E-state index is 12.6. The van der Waals surface area contributed by atoms with Gasteiger partial charge in [0.15, 0.2) is 5.52 Å². The molecular weight excluding hydrogens is 374 g/mol. The Labute approximate surface area is 144 Å². The third kappa shape index (κ3) is 1.86. The van der Waals surface area contributed by atoms with E-state index in [0.717, 1.165) is 20.3 Å². The number of halogens is 1. The van der Waals surface area contributed by atoms with Crippen LogP contribution in [0, 0.1) is 0 Å². The van der Waals surface area contributed by atoms with Crippen LogP contribution in [0.15, 0.2) is 44.5 Å². The van der Waals surface area contributed by atoms with Gasteiger partial charge in [0.2, 0.25) is 5.78 Å². The maximum atomic E-state index is 12.6. The van der Waals surface area contributed by atoms with Crippen molar-refractivity contribution in [3.63, 3.8) is 0 Å². The molecule has 0 saturated carbocycles. The summed E-state index contributed by atoms with van der Waals surface area (Å²) in [5.74, 6) is 0.612. The number of aromatic nitrogens is 5. The molecule has 0 N–H and O–H groups in total. The molecule has 4 rings (SSSR count). The maximum Gasteiger partial charge on any atom is 0.332 e. The van der Waals surface area contributed by atoms with E-state index in [4.69, 9.17) is 0 Å². The summed E-state index contributed by atoms with van der Waals surface area (Å²) >= 11 is 3.42. The van der Waals surface area contributed by atoms with Gasteiger partial charge in [0.1, 0.15) is 5.65 Å². The molecule has 0 aliphatic carbocycles. The zero-order valence-electron chi connectivity index (χ0n) is 13.3. The van der Waals surface area contributed by atoms with Crippen molar-refractivity contribution in [2.24, 2.45) is 21.1 Å². The Morgan fingerprint density at radius 3 is 2.29 bits per heavy atom. The molecule has 8 heteroatoms. The minimum Gasteiger partial charge on any atom is -0.299 e. The van der Waals surface area contributed by atoms with Crippen molar-refractivity contribution in [2.75, 3.05) is 0 Å². The lowest BCUT2D eigenvalue weighted by atomic mass is 10.2. The summed E-state index contributed by atoms with van der Waals surface area (Å²) < 4.78 is 7.07. The summed E-state index contributed by atoms with van der Waals surface area (Å²) in [6.07, 6.45) is 1.83. The molecule has 7 nitrogen and oxygen atoms in total. The van der Waals surface area contributed by atoms with Gasteiger partial charge in [0.05, 0.1) is 5.69 Å². The average Bonchev–Trinajstić information content (AvgIpc) is 3.10. The smallest absolute Gasteiger partial charge is 0.299 e. The normalized spacial score (nSPS) is 11.7. The molecule has 4 aromatic rings. The SMILES string of the molecule is Cn1c(=O)c2c(n(C)c1=O)n(C)c1nc(-c3ccc(Br)cc3)cn21. The Hall–Kier alpha value is -2.61. The highest BCUT2D eigenvalue weighted by atomic mass is 79.9. The first-order valence-electron chi connectivity index (χ1n) is 7.29. The van der Waals surface area contributed by atoms with Crippen LogP contribution in [0.1, 0.15) is 0 Å². The molecule has 0 atom stereocenters. The molecule has 0 spiro atoms. The van der Waals surface area contributed by atoms with Crippen molar-refractivity contribution in [3.05, 3.63) is 55.8 Å². The summed E-state index contributed by atoms with van der Waals surface area (Å²) in [7, 11) is 4.93. The fraction of sp³-hybridized carbons (Fsp3) is 0.188. The summed E-state index contributed by atoms with van der Waals surface area (Å²) in [6, 6.07) is 7.81. The first-order valence-corrected chi connectivity index (χ1v) is 8.09. The van der Waals surface area contributed by atoms with E-state index in [-0.39, 0.29) is 11.2 Å². The van der Waals surface area contributed by atoms with Gasteiger partial charge >= 0.3 is 5.69 Å². The zero-order chi connectivity index (χ0) is 17.2. The quantitative estimate of drug-likeness (QED) is 0.498. The molecule has 0 aliphatic rings. The Kier molecular flexibility index (Phi) is 3.08. The van der Waals surface area contributed by atoms with Crippen LogP contribution in [-0.4, -0.2) is 23.1 Å². The molecule has 0 bridgehead atoms. The molecule has 24 heavy (non-hydrogen) atoms. The van der Waals surface area contributed by atoms with Crippen molar-refractivity contribution in [1.82, 2.24) is 23.1 Å². The van der Waals surface area contributed by atoms with E-state index in [9.17, 15) is 9.59 Å². The number of benzene rings is 1. The van der Waals surface area contributed by atoms with Gasteiger partial charge in [-0.1, -0.05) is 28.1 Å². The van der Waals surface area contributed by atoms with Gasteiger partial charge < -0.3 is 0 Å². The number of hydrogen-bond donors (Lipinski definition) is 0. The van der Waals surface area contributed by atoms with Gasteiger partial charge in [0.25, 0.3) is 5.56 Å². The highest BCUT2D eigenvalue weighted by Gasteiger charge is 2.19. The molecule has 0 fully saturated rings. The summed E-state index contributed by atoms with van der Waals surface area (Å²) in [6.45, 7) is 0. The number of nitrogens with zero attached hydrogens (tertiary/aromatic N) is 5. The molecule has 0 aliphatic heterocycles. The second kappa shape index (κ2) is 4.94. The Balaban J connectivity index is 2.12. The average molecular weight is 388 g/mol. The lowest BCUT2D eigenvalue weighted by Crippen LogP contribution is -2.37. The topological polar surface area (TPSA) is 66.2 Å². The summed E-state index contributed by atoms with van der Waals surface area (Å²) in [4.78, 5) is 29.4. The number of aryl methyl sites for hydroxylation is 2. The Morgan fingerprint density at radius 1 is 0.958 bits per heavy atom. The van der Waals surface area contributed by atoms with E-state index in [1.807, 2.05) is 30.5 Å². The zero-order valence-corrected chi connectivity index (χ0v) is 14.9. The molecule has 0 saturated heterocycles. The molecule has 0 radical (unpaired) electrons. The van der Waals surface area contributed by atoms with E-state index in [1.54, 1.807) is 23.1 Å². The third-order valence-electron chi connectivity index (χ3n) is 4.30. The monoisotopic (exact) mass is 387 g/mol. The first kappa shape index (κ1) is 14.9. The number of hydrogen-bond acceptors (Lipinski definition) is 3. The molecule has 1 aromatic carbocycles. The van der Waals surface area contributed by atoms with Gasteiger partial charge in [0, 0.05) is 37.4 Å². The number of fused-ring (bicyclic) bond motifs is 3. The fourth-order valence-electron chi connectivity index (χ4n) is 3.04. The van der Waals surface area contributed by atoms with Crippen LogP contribution >= 0.6 is 15.9 Å². The van der Waals surface area contributed by atoms with Crippen LogP contribution < -0.4 is 11.2 Å². The standard InChI is InChI=1S/C16H14BrN5O2/c1-19-13-12(14(23)21(3)16(24)20(13)2)22-8-11(18-15(19)22)9-4-6-10(17)7-5-9/h4-8H,1-3H3. The van der Waals surface area contributed by atoms with Crippen LogP contribution in [0.25, 0.3) is 28.2 Å². The van der Waals surface area contributed by atoms with Gasteiger partial charge in [-0.15, -0.1) is 0 Å². The molecule has 3 heterocycles. The molecule has 122 valence electrons. The first-order chi connectivity index (χ1) is 11.4. The lowest BCUT2D eigenvalue weighted by molar-refractivity contribution is 0.698. The second-order valence-electron chi connectivity index (χ2n) is 5.74. The van der Waals surface area contributed by atoms with E-state index < -0.39 is 0 Å². The van der Waals surface area contributed by atoms with Crippen LogP contribution in [-0.2, 0) is 21.1 Å². The Morgan fingerprint density at radius 2 is 1.62 bits per heavy atom. The highest BCUT2D eigenvalue weighted by molar-refractivity contribution is 9.10. The summed E-state index contributed by atoms with van der Waals surface area (Å²) in [5.41, 5.74) is 2.02. The molecular formula is C16H14BrN5O2. The van der Waals surface area contributed by atoms with Crippen molar-refractivity contribution in [3.8, 4) is 11.3 Å². The molecule has 3 aromatic heterocycles. The predicted octanol–water partition coefficient (Wildman–Crippen LogP) is 1.65. The molecule has 0 amide bonds. The van der Waals surface area contributed by atoms with Gasteiger partial charge in [-0.05, 0) is 12.1 Å². The van der Waals surface area contributed by atoms with E-state index in [2.05, 4.69) is 20.9 Å². The minimum absolute atomic E-state index is 0.335. The highest BCUT2D eigenvalue weighted by Crippen LogP contribution is 2.24. The predicted molar refractivity (Wildman–Crippen MR) is 95.3 cm³/mol. The van der Waals surface area contributed by atoms with Crippen LogP contribution in [0.4, 0.5) is 0 Å². The van der Waals surface area contributed by atoms with Crippen LogP contribution in [0.2, 0.25) is 0 Å². The molecule has 0 unspecified atom stereocenters. The summed E-state index contributed by atoms with van der Waals surface area (Å²) in [5, 5.41) is 0. The fourth-order valence-corrected chi connectivity index (χ4v) is 3.30. The lowest BCUT2D eigenvalue weighted by Gasteiger charge is -2.05. The minimum atomic E-state index is -0.357. The van der Waals surface area contributed by atoms with E-state index in [0.29, 0.717) is 16.9 Å². The van der Waals surface area contributed by atoms with Crippen LogP contribution in [0.5, 0.6) is 0 Å². The van der Waals surface area contributed by atoms with Gasteiger partial charge in [-0.3, -0.25) is 22.9 Å². The van der Waals surface area contributed by atoms with Gasteiger partial charge in [-0.25, -0.2) is 9.78 Å². The van der Waals surface area contributed by atoms with Crippen molar-refractivity contribution >= 4 is 32.9 Å². The number of rotatable bonds is 1. The second-order valence-corrected chi connectivity index (χ2v) is 6.66. The van der Waals surface area contributed by atoms with Crippen molar-refractivity contribution < 1.29 is 0 Å². The Bertz CT molecular complexity index is 1220. The van der Waals surface area contributed by atoms with Crippen molar-refractivity contribution in [2.45, 2.75) is 0 Å². The van der Waals surface area contributed by atoms with Crippen LogP contribution in [0.3, 0.4) is 0 Å². The third-order valence-corrected chi connectivity index (χ3v) is 4.83. The van der Waals surface area contributed by atoms with Crippen molar-refractivity contribution in [1.29, 1.82) is 0 Å². The van der Waals surface area contributed by atoms with E-state index >= 15 is 0 Å².